The van der Waals surface area contributed by atoms with Gasteiger partial charge in [-0.3, -0.25) is 9.69 Å². The fraction of sp³-hybridized carbons (Fsp3) is 0.370. The van der Waals surface area contributed by atoms with Crippen molar-refractivity contribution in [3.63, 3.8) is 0 Å². The van der Waals surface area contributed by atoms with E-state index < -0.39 is 0 Å². The third-order valence-electron chi connectivity index (χ3n) is 6.99. The second-order valence-corrected chi connectivity index (χ2v) is 9.47. The maximum Gasteiger partial charge on any atom is 0.246 e. The number of nitrogens with two attached hydrogens (primary N) is 1. The first-order valence-electron chi connectivity index (χ1n) is 12.3. The average Bonchev–Trinajstić information content (AvgIpc) is 2.89. The van der Waals surface area contributed by atoms with E-state index in [4.69, 9.17) is 10.7 Å². The summed E-state index contributed by atoms with van der Waals surface area (Å²) in [5, 5.41) is 0. The van der Waals surface area contributed by atoms with E-state index in [2.05, 4.69) is 26.9 Å². The first-order chi connectivity index (χ1) is 17.4. The van der Waals surface area contributed by atoms with Crippen LogP contribution in [0.3, 0.4) is 0 Å². The molecule has 188 valence electrons. The Morgan fingerprint density at radius 2 is 1.81 bits per heavy atom. The summed E-state index contributed by atoms with van der Waals surface area (Å²) in [6.45, 7) is 7.83. The van der Waals surface area contributed by atoms with Crippen molar-refractivity contribution in [2.24, 2.45) is 5.73 Å². The van der Waals surface area contributed by atoms with E-state index in [0.717, 1.165) is 43.9 Å². The highest BCUT2D eigenvalue weighted by molar-refractivity contribution is 6.01. The fourth-order valence-electron chi connectivity index (χ4n) is 4.80. The van der Waals surface area contributed by atoms with Crippen LogP contribution in [0.4, 0.5) is 21.6 Å². The van der Waals surface area contributed by atoms with E-state index in [0.29, 0.717) is 29.4 Å². The number of anilines is 3. The van der Waals surface area contributed by atoms with Gasteiger partial charge < -0.3 is 20.4 Å². The minimum atomic E-state index is -0.281. The molecule has 0 aliphatic carbocycles. The molecule has 1 amide bonds. The number of amides is 1. The van der Waals surface area contributed by atoms with Crippen LogP contribution in [0.15, 0.2) is 48.7 Å². The standard InChI is InChI=1S/C27H32FN7O/c1-19-3-4-21(23(28)15-19)17-35-18-25(36)32(2)24-16-30-26(31-27(24)35)20-5-7-22(8-6-20)34-13-11-33(10-9-29)12-14-34/h3-8,15-16H,9-14,17-18,29H2,1-2H3. The first-order valence-corrected chi connectivity index (χ1v) is 12.3. The van der Waals surface area contributed by atoms with E-state index in [1.165, 1.54) is 11.8 Å². The number of aryl methyl sites for hydroxylation is 1. The van der Waals surface area contributed by atoms with Crippen molar-refractivity contribution in [2.75, 3.05) is 67.6 Å². The molecule has 0 unspecified atom stereocenters. The third kappa shape index (κ3) is 4.89. The largest absolute Gasteiger partial charge is 0.369 e. The summed E-state index contributed by atoms with van der Waals surface area (Å²) in [5.74, 6) is 0.839. The van der Waals surface area contributed by atoms with Gasteiger partial charge in [0.05, 0.1) is 12.7 Å². The monoisotopic (exact) mass is 489 g/mol. The van der Waals surface area contributed by atoms with Crippen molar-refractivity contribution >= 4 is 23.1 Å². The minimum Gasteiger partial charge on any atom is -0.369 e. The number of fused-ring (bicyclic) bond motifs is 1. The molecule has 36 heavy (non-hydrogen) atoms. The van der Waals surface area contributed by atoms with E-state index in [1.807, 2.05) is 30.0 Å². The maximum atomic E-state index is 14.6. The summed E-state index contributed by atoms with van der Waals surface area (Å²) in [4.78, 5) is 30.2. The predicted octanol–water partition coefficient (Wildman–Crippen LogP) is 2.65. The molecule has 3 aromatic rings. The third-order valence-corrected chi connectivity index (χ3v) is 6.99. The molecule has 0 saturated carbocycles. The molecular formula is C27H32FN7O. The molecule has 1 saturated heterocycles. The molecule has 9 heteroatoms. The Labute approximate surface area is 211 Å². The molecule has 1 fully saturated rings. The lowest BCUT2D eigenvalue weighted by Gasteiger charge is -2.36. The number of carbonyl (C=O) groups is 1. The summed E-state index contributed by atoms with van der Waals surface area (Å²) < 4.78 is 14.6. The minimum absolute atomic E-state index is 0.0812. The molecule has 2 aromatic carbocycles. The number of halogens is 1. The summed E-state index contributed by atoms with van der Waals surface area (Å²) in [7, 11) is 1.72. The van der Waals surface area contributed by atoms with E-state index >= 15 is 0 Å². The number of carbonyl (C=O) groups excluding carboxylic acids is 1. The normalized spacial score (nSPS) is 16.4. The predicted molar refractivity (Wildman–Crippen MR) is 141 cm³/mol. The van der Waals surface area contributed by atoms with Gasteiger partial charge >= 0.3 is 0 Å². The highest BCUT2D eigenvalue weighted by Gasteiger charge is 2.29. The molecule has 5 rings (SSSR count). The number of rotatable bonds is 6. The average molecular weight is 490 g/mol. The van der Waals surface area contributed by atoms with Gasteiger partial charge in [-0.15, -0.1) is 0 Å². The molecule has 2 aliphatic rings. The van der Waals surface area contributed by atoms with E-state index in [1.54, 1.807) is 24.2 Å². The molecule has 2 N–H and O–H groups in total. The quantitative estimate of drug-likeness (QED) is 0.570. The zero-order valence-electron chi connectivity index (χ0n) is 20.8. The highest BCUT2D eigenvalue weighted by atomic mass is 19.1. The van der Waals surface area contributed by atoms with Gasteiger partial charge in [-0.25, -0.2) is 14.4 Å². The lowest BCUT2D eigenvalue weighted by atomic mass is 10.1. The SMILES string of the molecule is Cc1ccc(CN2CC(=O)N(C)c3cnc(-c4ccc(N5CCN(CCN)CC5)cc4)nc32)c(F)c1. The lowest BCUT2D eigenvalue weighted by molar-refractivity contribution is -0.117. The number of likely N-dealkylation sites (N-methyl/N-ethyl adjacent to an activating group) is 1. The molecule has 3 heterocycles. The summed E-state index contributed by atoms with van der Waals surface area (Å²) in [6.07, 6.45) is 1.68. The Balaban J connectivity index is 1.38. The van der Waals surface area contributed by atoms with Crippen LogP contribution in [0.1, 0.15) is 11.1 Å². The lowest BCUT2D eigenvalue weighted by Crippen LogP contribution is -2.47. The highest BCUT2D eigenvalue weighted by Crippen LogP contribution is 2.34. The van der Waals surface area contributed by atoms with Crippen molar-refractivity contribution in [1.29, 1.82) is 0 Å². The molecule has 2 aliphatic heterocycles. The molecule has 1 aromatic heterocycles. The number of nitrogens with zero attached hydrogens (tertiary/aromatic N) is 6. The number of hydrogen-bond donors (Lipinski definition) is 1. The van der Waals surface area contributed by atoms with Crippen molar-refractivity contribution in [3.05, 3.63) is 65.6 Å². The molecule has 8 nitrogen and oxygen atoms in total. The van der Waals surface area contributed by atoms with Crippen molar-refractivity contribution in [3.8, 4) is 11.4 Å². The van der Waals surface area contributed by atoms with Gasteiger partial charge in [0.25, 0.3) is 0 Å². The van der Waals surface area contributed by atoms with E-state index in [-0.39, 0.29) is 24.8 Å². The van der Waals surface area contributed by atoms with Crippen molar-refractivity contribution in [2.45, 2.75) is 13.5 Å². The zero-order valence-corrected chi connectivity index (χ0v) is 20.8. The van der Waals surface area contributed by atoms with Crippen LogP contribution in [0.25, 0.3) is 11.4 Å². The van der Waals surface area contributed by atoms with Gasteiger partial charge in [-0.05, 0) is 42.8 Å². The van der Waals surface area contributed by atoms with Crippen LogP contribution in [0, 0.1) is 12.7 Å². The molecule has 0 atom stereocenters. The Bertz CT molecular complexity index is 1240. The van der Waals surface area contributed by atoms with Gasteiger partial charge in [0.2, 0.25) is 5.91 Å². The topological polar surface area (TPSA) is 81.8 Å². The van der Waals surface area contributed by atoms with Crippen LogP contribution in [0.2, 0.25) is 0 Å². The smallest absolute Gasteiger partial charge is 0.246 e. The Hall–Kier alpha value is -3.56. The summed E-state index contributed by atoms with van der Waals surface area (Å²) >= 11 is 0. The van der Waals surface area contributed by atoms with Crippen LogP contribution >= 0.6 is 0 Å². The van der Waals surface area contributed by atoms with Crippen LogP contribution in [-0.4, -0.2) is 73.6 Å². The molecular weight excluding hydrogens is 457 g/mol. The van der Waals surface area contributed by atoms with Gasteiger partial charge in [-0.2, -0.15) is 0 Å². The Morgan fingerprint density at radius 1 is 1.06 bits per heavy atom. The first kappa shape index (κ1) is 24.1. The molecule has 0 spiro atoms. The van der Waals surface area contributed by atoms with Crippen molar-refractivity contribution in [1.82, 2.24) is 14.9 Å². The maximum absolute atomic E-state index is 14.6. The number of aromatic nitrogens is 2. The fourth-order valence-corrected chi connectivity index (χ4v) is 4.80. The van der Waals surface area contributed by atoms with Gasteiger partial charge in [-0.1, -0.05) is 12.1 Å². The Morgan fingerprint density at radius 3 is 2.50 bits per heavy atom. The zero-order chi connectivity index (χ0) is 25.2. The Kier molecular flexibility index (Phi) is 6.84. The second kappa shape index (κ2) is 10.2. The summed E-state index contributed by atoms with van der Waals surface area (Å²) in [5.41, 5.74) is 9.76. The van der Waals surface area contributed by atoms with Crippen molar-refractivity contribution < 1.29 is 9.18 Å². The van der Waals surface area contributed by atoms with Crippen LogP contribution in [0.5, 0.6) is 0 Å². The second-order valence-electron chi connectivity index (χ2n) is 9.47. The van der Waals surface area contributed by atoms with Crippen LogP contribution in [-0.2, 0) is 11.3 Å². The number of piperazine rings is 1. The van der Waals surface area contributed by atoms with Gasteiger partial charge in [0.15, 0.2) is 11.6 Å². The van der Waals surface area contributed by atoms with Gasteiger partial charge in [0.1, 0.15) is 11.5 Å². The summed E-state index contributed by atoms with van der Waals surface area (Å²) in [6, 6.07) is 13.4. The van der Waals surface area contributed by atoms with E-state index in [9.17, 15) is 9.18 Å². The van der Waals surface area contributed by atoms with Gasteiger partial charge in [0, 0.05) is 69.7 Å². The molecule has 0 radical (unpaired) electrons. The number of hydrogen-bond acceptors (Lipinski definition) is 7. The van der Waals surface area contributed by atoms with Crippen LogP contribution < -0.4 is 20.4 Å². The molecule has 0 bridgehead atoms. The number of benzene rings is 2.